The summed E-state index contributed by atoms with van der Waals surface area (Å²) in [5.41, 5.74) is 8.53. The first-order valence-electron chi connectivity index (χ1n) is 6.89. The zero-order chi connectivity index (χ0) is 14.5. The fourth-order valence-corrected chi connectivity index (χ4v) is 2.97. The number of halogens is 1. The topological polar surface area (TPSA) is 35.2 Å². The maximum absolute atomic E-state index is 6.36. The molecule has 0 aliphatic rings. The molecule has 1 heterocycles. The van der Waals surface area contributed by atoms with E-state index < -0.39 is 0 Å². The van der Waals surface area contributed by atoms with Crippen LogP contribution < -0.4 is 10.5 Å². The number of hydrogen-bond acceptors (Lipinski definition) is 3. The van der Waals surface area contributed by atoms with Crippen molar-refractivity contribution < 1.29 is 4.74 Å². The summed E-state index contributed by atoms with van der Waals surface area (Å²) in [4.78, 5) is 1.14. The van der Waals surface area contributed by atoms with E-state index in [1.54, 1.807) is 11.3 Å². The number of hydrogen-bond donors (Lipinski definition) is 1. The maximum Gasteiger partial charge on any atom is 0.124 e. The van der Waals surface area contributed by atoms with Gasteiger partial charge in [0.2, 0.25) is 0 Å². The van der Waals surface area contributed by atoms with E-state index in [2.05, 4.69) is 18.2 Å². The first kappa shape index (κ1) is 16.6. The largest absolute Gasteiger partial charge is 0.489 e. The summed E-state index contributed by atoms with van der Waals surface area (Å²) >= 11 is 1.67. The number of rotatable bonds is 5. The Morgan fingerprint density at radius 1 is 0.909 bits per heavy atom. The number of nitrogens with two attached hydrogens (primary N) is 1. The third-order valence-electron chi connectivity index (χ3n) is 3.34. The molecule has 22 heavy (non-hydrogen) atoms. The third kappa shape index (κ3) is 3.89. The zero-order valence-corrected chi connectivity index (χ0v) is 13.6. The molecule has 0 saturated carbocycles. The van der Waals surface area contributed by atoms with Gasteiger partial charge in [0.1, 0.15) is 12.4 Å². The van der Waals surface area contributed by atoms with Gasteiger partial charge in [0.25, 0.3) is 0 Å². The summed E-state index contributed by atoms with van der Waals surface area (Å²) in [7, 11) is 0. The Bertz CT molecular complexity index is 685. The molecule has 114 valence electrons. The fraction of sp³-hybridized carbons (Fsp3) is 0.111. The summed E-state index contributed by atoms with van der Waals surface area (Å²) < 4.78 is 5.97. The SMILES string of the molecule is Cl.N[C@@H](c1cccs1)c1ccccc1OCc1ccccc1. The lowest BCUT2D eigenvalue weighted by molar-refractivity contribution is 0.302. The van der Waals surface area contributed by atoms with Crippen molar-refractivity contribution in [1.82, 2.24) is 0 Å². The van der Waals surface area contributed by atoms with E-state index in [0.29, 0.717) is 6.61 Å². The Hall–Kier alpha value is -1.81. The van der Waals surface area contributed by atoms with Crippen molar-refractivity contribution >= 4 is 23.7 Å². The van der Waals surface area contributed by atoms with Crippen LogP contribution in [0.3, 0.4) is 0 Å². The molecule has 3 aromatic rings. The van der Waals surface area contributed by atoms with Gasteiger partial charge in [-0.2, -0.15) is 0 Å². The Kier molecular flexibility index (Phi) is 6.01. The van der Waals surface area contributed by atoms with Gasteiger partial charge in [-0.05, 0) is 23.1 Å². The van der Waals surface area contributed by atoms with Crippen molar-refractivity contribution in [2.45, 2.75) is 12.6 Å². The Morgan fingerprint density at radius 2 is 1.64 bits per heavy atom. The van der Waals surface area contributed by atoms with Crippen LogP contribution in [0.4, 0.5) is 0 Å². The number of para-hydroxylation sites is 1. The maximum atomic E-state index is 6.36. The van der Waals surface area contributed by atoms with Crippen LogP contribution in [0.25, 0.3) is 0 Å². The van der Waals surface area contributed by atoms with E-state index in [9.17, 15) is 0 Å². The summed E-state index contributed by atoms with van der Waals surface area (Å²) in [5, 5.41) is 2.04. The second-order valence-corrected chi connectivity index (χ2v) is 5.78. The van der Waals surface area contributed by atoms with Gasteiger partial charge >= 0.3 is 0 Å². The lowest BCUT2D eigenvalue weighted by Gasteiger charge is -2.16. The van der Waals surface area contributed by atoms with E-state index in [0.717, 1.165) is 21.8 Å². The minimum absolute atomic E-state index is 0. The molecule has 2 nitrogen and oxygen atoms in total. The highest BCUT2D eigenvalue weighted by molar-refractivity contribution is 7.10. The average Bonchev–Trinajstić information content (AvgIpc) is 3.08. The van der Waals surface area contributed by atoms with Gasteiger partial charge in [0.15, 0.2) is 0 Å². The van der Waals surface area contributed by atoms with Gasteiger partial charge in [-0.1, -0.05) is 54.6 Å². The van der Waals surface area contributed by atoms with Crippen LogP contribution in [0.15, 0.2) is 72.1 Å². The Morgan fingerprint density at radius 3 is 2.36 bits per heavy atom. The van der Waals surface area contributed by atoms with Crippen molar-refractivity contribution in [2.75, 3.05) is 0 Å². The van der Waals surface area contributed by atoms with Crippen LogP contribution in [0.1, 0.15) is 22.0 Å². The summed E-state index contributed by atoms with van der Waals surface area (Å²) in [6, 6.07) is 22.1. The van der Waals surface area contributed by atoms with Crippen molar-refractivity contribution in [3.05, 3.63) is 88.1 Å². The minimum atomic E-state index is -0.142. The molecule has 0 aliphatic heterocycles. The number of ether oxygens (including phenoxy) is 1. The molecule has 4 heteroatoms. The molecular weight excluding hydrogens is 314 g/mol. The van der Waals surface area contributed by atoms with Crippen LogP contribution in [0.5, 0.6) is 5.75 Å². The summed E-state index contributed by atoms with van der Waals surface area (Å²) in [6.45, 7) is 0.551. The van der Waals surface area contributed by atoms with Gasteiger partial charge < -0.3 is 10.5 Å². The molecule has 1 atom stereocenters. The lowest BCUT2D eigenvalue weighted by Crippen LogP contribution is -2.12. The van der Waals surface area contributed by atoms with Crippen LogP contribution >= 0.6 is 23.7 Å². The standard InChI is InChI=1S/C18H17NOS.ClH/c19-18(17-11-6-12-21-17)15-9-4-5-10-16(15)20-13-14-7-2-1-3-8-14;/h1-12,18H,13,19H2;1H/t18-;/m1./s1. The van der Waals surface area contributed by atoms with Crippen LogP contribution in [-0.4, -0.2) is 0 Å². The van der Waals surface area contributed by atoms with Gasteiger partial charge in [0.05, 0.1) is 6.04 Å². The minimum Gasteiger partial charge on any atom is -0.489 e. The summed E-state index contributed by atoms with van der Waals surface area (Å²) in [5.74, 6) is 0.849. The average molecular weight is 332 g/mol. The van der Waals surface area contributed by atoms with E-state index >= 15 is 0 Å². The first-order chi connectivity index (χ1) is 10.3. The second kappa shape index (κ2) is 7.99. The molecule has 0 radical (unpaired) electrons. The molecule has 2 aromatic carbocycles. The van der Waals surface area contributed by atoms with Crippen LogP contribution in [-0.2, 0) is 6.61 Å². The van der Waals surface area contributed by atoms with Crippen molar-refractivity contribution in [3.63, 3.8) is 0 Å². The van der Waals surface area contributed by atoms with E-state index in [1.165, 1.54) is 0 Å². The number of benzene rings is 2. The van der Waals surface area contributed by atoms with Crippen LogP contribution in [0.2, 0.25) is 0 Å². The normalized spacial score (nSPS) is 11.5. The molecule has 0 spiro atoms. The predicted octanol–water partition coefficient (Wildman–Crippen LogP) is 4.80. The van der Waals surface area contributed by atoms with E-state index in [1.807, 2.05) is 53.9 Å². The van der Waals surface area contributed by atoms with Gasteiger partial charge in [-0.3, -0.25) is 0 Å². The highest BCUT2D eigenvalue weighted by Gasteiger charge is 2.14. The van der Waals surface area contributed by atoms with Crippen molar-refractivity contribution in [1.29, 1.82) is 0 Å². The molecule has 0 fully saturated rings. The molecular formula is C18H18ClNOS. The predicted molar refractivity (Wildman–Crippen MR) is 94.8 cm³/mol. The molecule has 2 N–H and O–H groups in total. The monoisotopic (exact) mass is 331 g/mol. The molecule has 0 bridgehead atoms. The Balaban J connectivity index is 0.00000176. The summed E-state index contributed by atoms with van der Waals surface area (Å²) in [6.07, 6.45) is 0. The zero-order valence-electron chi connectivity index (χ0n) is 12.0. The molecule has 0 aliphatic carbocycles. The fourth-order valence-electron chi connectivity index (χ4n) is 2.23. The van der Waals surface area contributed by atoms with E-state index in [4.69, 9.17) is 10.5 Å². The van der Waals surface area contributed by atoms with E-state index in [-0.39, 0.29) is 18.4 Å². The van der Waals surface area contributed by atoms with Crippen molar-refractivity contribution in [2.24, 2.45) is 5.73 Å². The number of thiophene rings is 1. The van der Waals surface area contributed by atoms with Gasteiger partial charge in [-0.15, -0.1) is 23.7 Å². The molecule has 1 aromatic heterocycles. The molecule has 0 unspecified atom stereocenters. The van der Waals surface area contributed by atoms with Gasteiger partial charge in [-0.25, -0.2) is 0 Å². The third-order valence-corrected chi connectivity index (χ3v) is 4.30. The lowest BCUT2D eigenvalue weighted by atomic mass is 10.1. The first-order valence-corrected chi connectivity index (χ1v) is 7.77. The highest BCUT2D eigenvalue weighted by Crippen LogP contribution is 2.30. The highest BCUT2D eigenvalue weighted by atomic mass is 35.5. The second-order valence-electron chi connectivity index (χ2n) is 4.81. The smallest absolute Gasteiger partial charge is 0.124 e. The Labute approximate surface area is 141 Å². The van der Waals surface area contributed by atoms with Crippen LogP contribution in [0, 0.1) is 0 Å². The van der Waals surface area contributed by atoms with Gasteiger partial charge in [0, 0.05) is 10.4 Å². The molecule has 0 saturated heterocycles. The molecule has 3 rings (SSSR count). The van der Waals surface area contributed by atoms with Crippen molar-refractivity contribution in [3.8, 4) is 5.75 Å². The quantitative estimate of drug-likeness (QED) is 0.729. The molecule has 0 amide bonds.